The molecule has 0 heterocycles. The van der Waals surface area contributed by atoms with Crippen LogP contribution in [0.25, 0.3) is 11.1 Å². The van der Waals surface area contributed by atoms with Crippen LogP contribution in [0, 0.1) is 0 Å². The summed E-state index contributed by atoms with van der Waals surface area (Å²) in [7, 11) is 1.66. The van der Waals surface area contributed by atoms with Gasteiger partial charge < -0.3 is 9.84 Å². The largest absolute Gasteiger partial charge is 0.496 e. The van der Waals surface area contributed by atoms with Crippen LogP contribution in [-0.2, 0) is 6.61 Å². The highest BCUT2D eigenvalue weighted by molar-refractivity contribution is 9.10. The number of benzene rings is 2. The summed E-state index contributed by atoms with van der Waals surface area (Å²) in [4.78, 5) is 0. The Hall–Kier alpha value is -1.32. The molecule has 1 N–H and O–H groups in total. The van der Waals surface area contributed by atoms with Crippen molar-refractivity contribution in [2.24, 2.45) is 0 Å². The summed E-state index contributed by atoms with van der Waals surface area (Å²) >= 11 is 3.42. The van der Waals surface area contributed by atoms with Crippen molar-refractivity contribution in [3.05, 3.63) is 52.5 Å². The lowest BCUT2D eigenvalue weighted by molar-refractivity contribution is 0.282. The first-order valence-corrected chi connectivity index (χ1v) is 6.07. The molecule has 0 unspecified atom stereocenters. The molecule has 0 saturated carbocycles. The molecule has 0 spiro atoms. The topological polar surface area (TPSA) is 29.5 Å². The van der Waals surface area contributed by atoms with Crippen molar-refractivity contribution in [2.75, 3.05) is 7.11 Å². The molecule has 0 fully saturated rings. The fourth-order valence-corrected chi connectivity index (χ4v) is 2.03. The third-order valence-corrected chi connectivity index (χ3v) is 3.10. The van der Waals surface area contributed by atoms with Crippen LogP contribution in [0.1, 0.15) is 5.56 Å². The van der Waals surface area contributed by atoms with E-state index in [2.05, 4.69) is 15.9 Å². The van der Waals surface area contributed by atoms with E-state index in [1.54, 1.807) is 7.11 Å². The van der Waals surface area contributed by atoms with Crippen LogP contribution in [0.3, 0.4) is 0 Å². The van der Waals surface area contributed by atoms with Gasteiger partial charge in [-0.15, -0.1) is 0 Å². The van der Waals surface area contributed by atoms with Crippen molar-refractivity contribution in [1.82, 2.24) is 0 Å². The van der Waals surface area contributed by atoms with Gasteiger partial charge in [0, 0.05) is 10.0 Å². The Labute approximate surface area is 109 Å². The molecule has 0 aromatic heterocycles. The number of ether oxygens (including phenoxy) is 1. The summed E-state index contributed by atoms with van der Waals surface area (Å²) < 4.78 is 6.35. The Morgan fingerprint density at radius 2 is 1.82 bits per heavy atom. The predicted octanol–water partition coefficient (Wildman–Crippen LogP) is 3.62. The third kappa shape index (κ3) is 2.68. The molecule has 2 aromatic carbocycles. The van der Waals surface area contributed by atoms with Crippen molar-refractivity contribution in [2.45, 2.75) is 6.61 Å². The van der Waals surface area contributed by atoms with Gasteiger partial charge in [-0.2, -0.15) is 0 Å². The molecule has 0 aliphatic rings. The Morgan fingerprint density at radius 1 is 1.12 bits per heavy atom. The fraction of sp³-hybridized carbons (Fsp3) is 0.143. The molecule has 3 heteroatoms. The number of hydrogen-bond donors (Lipinski definition) is 1. The zero-order valence-electron chi connectivity index (χ0n) is 9.48. The van der Waals surface area contributed by atoms with Crippen molar-refractivity contribution in [3.8, 4) is 16.9 Å². The standard InChI is InChI=1S/C14H13BrO2/c1-17-14-8-12(15)6-7-13(14)11-4-2-10(9-16)3-5-11/h2-8,16H,9H2,1H3. The average Bonchev–Trinajstić information content (AvgIpc) is 2.39. The molecule has 2 rings (SSSR count). The van der Waals surface area contributed by atoms with Gasteiger partial charge in [0.1, 0.15) is 5.75 Å². The van der Waals surface area contributed by atoms with Gasteiger partial charge in [-0.25, -0.2) is 0 Å². The normalized spacial score (nSPS) is 10.3. The molecule has 0 bridgehead atoms. The van der Waals surface area contributed by atoms with Gasteiger partial charge in [0.05, 0.1) is 13.7 Å². The Morgan fingerprint density at radius 3 is 2.41 bits per heavy atom. The van der Waals surface area contributed by atoms with E-state index in [4.69, 9.17) is 9.84 Å². The zero-order chi connectivity index (χ0) is 12.3. The van der Waals surface area contributed by atoms with E-state index in [0.717, 1.165) is 26.9 Å². The van der Waals surface area contributed by atoms with Gasteiger partial charge in [-0.3, -0.25) is 0 Å². The van der Waals surface area contributed by atoms with Crippen LogP contribution in [0.4, 0.5) is 0 Å². The van der Waals surface area contributed by atoms with Crippen LogP contribution < -0.4 is 4.74 Å². The van der Waals surface area contributed by atoms with E-state index < -0.39 is 0 Å². The number of rotatable bonds is 3. The molecule has 0 aliphatic carbocycles. The molecule has 17 heavy (non-hydrogen) atoms. The maximum absolute atomic E-state index is 9.01. The van der Waals surface area contributed by atoms with E-state index in [0.29, 0.717) is 0 Å². The van der Waals surface area contributed by atoms with E-state index >= 15 is 0 Å². The van der Waals surface area contributed by atoms with Gasteiger partial charge in [-0.05, 0) is 29.3 Å². The molecule has 2 nitrogen and oxygen atoms in total. The Balaban J connectivity index is 2.44. The van der Waals surface area contributed by atoms with Gasteiger partial charge >= 0.3 is 0 Å². The minimum Gasteiger partial charge on any atom is -0.496 e. The number of aliphatic hydroxyl groups is 1. The van der Waals surface area contributed by atoms with E-state index in [1.807, 2.05) is 42.5 Å². The van der Waals surface area contributed by atoms with Crippen LogP contribution in [-0.4, -0.2) is 12.2 Å². The number of halogens is 1. The summed E-state index contributed by atoms with van der Waals surface area (Å²) in [6.07, 6.45) is 0. The lowest BCUT2D eigenvalue weighted by Gasteiger charge is -2.09. The third-order valence-electron chi connectivity index (χ3n) is 2.61. The summed E-state index contributed by atoms with van der Waals surface area (Å²) in [5, 5.41) is 9.01. The molecule has 88 valence electrons. The lowest BCUT2D eigenvalue weighted by Crippen LogP contribution is -1.89. The smallest absolute Gasteiger partial charge is 0.127 e. The van der Waals surface area contributed by atoms with Gasteiger partial charge in [0.2, 0.25) is 0 Å². The summed E-state index contributed by atoms with van der Waals surface area (Å²) in [6.45, 7) is 0.0672. The minimum absolute atomic E-state index is 0.0672. The molecular formula is C14H13BrO2. The highest BCUT2D eigenvalue weighted by Crippen LogP contribution is 2.32. The van der Waals surface area contributed by atoms with E-state index in [9.17, 15) is 0 Å². The number of hydrogen-bond acceptors (Lipinski definition) is 2. The quantitative estimate of drug-likeness (QED) is 0.936. The van der Waals surface area contributed by atoms with E-state index in [-0.39, 0.29) is 6.61 Å². The highest BCUT2D eigenvalue weighted by Gasteiger charge is 2.06. The van der Waals surface area contributed by atoms with Crippen molar-refractivity contribution >= 4 is 15.9 Å². The summed E-state index contributed by atoms with van der Waals surface area (Å²) in [5.74, 6) is 0.830. The first kappa shape index (κ1) is 12.1. The Bertz CT molecular complexity index is 506. The fourth-order valence-electron chi connectivity index (χ4n) is 1.69. The first-order chi connectivity index (χ1) is 8.24. The lowest BCUT2D eigenvalue weighted by atomic mass is 10.0. The average molecular weight is 293 g/mol. The van der Waals surface area contributed by atoms with E-state index in [1.165, 1.54) is 0 Å². The maximum atomic E-state index is 9.01. The SMILES string of the molecule is COc1cc(Br)ccc1-c1ccc(CO)cc1. The molecule has 0 atom stereocenters. The first-order valence-electron chi connectivity index (χ1n) is 5.28. The van der Waals surface area contributed by atoms with Gasteiger partial charge in [0.25, 0.3) is 0 Å². The molecule has 0 amide bonds. The molecule has 0 radical (unpaired) electrons. The highest BCUT2D eigenvalue weighted by atomic mass is 79.9. The monoisotopic (exact) mass is 292 g/mol. The number of aliphatic hydroxyl groups excluding tert-OH is 1. The van der Waals surface area contributed by atoms with Crippen LogP contribution in [0.15, 0.2) is 46.9 Å². The summed E-state index contributed by atoms with van der Waals surface area (Å²) in [6, 6.07) is 13.7. The summed E-state index contributed by atoms with van der Waals surface area (Å²) in [5.41, 5.74) is 3.02. The van der Waals surface area contributed by atoms with Gasteiger partial charge in [-0.1, -0.05) is 40.2 Å². The van der Waals surface area contributed by atoms with Gasteiger partial charge in [0.15, 0.2) is 0 Å². The zero-order valence-corrected chi connectivity index (χ0v) is 11.1. The molecule has 0 aliphatic heterocycles. The molecule has 0 saturated heterocycles. The predicted molar refractivity (Wildman–Crippen MR) is 72.1 cm³/mol. The van der Waals surface area contributed by atoms with Crippen molar-refractivity contribution < 1.29 is 9.84 Å². The van der Waals surface area contributed by atoms with Crippen molar-refractivity contribution in [1.29, 1.82) is 0 Å². The molecular weight excluding hydrogens is 280 g/mol. The Kier molecular flexibility index (Phi) is 3.82. The van der Waals surface area contributed by atoms with Crippen molar-refractivity contribution in [3.63, 3.8) is 0 Å². The molecule has 2 aromatic rings. The second kappa shape index (κ2) is 5.34. The van der Waals surface area contributed by atoms with Crippen LogP contribution in [0.2, 0.25) is 0 Å². The second-order valence-electron chi connectivity index (χ2n) is 3.70. The maximum Gasteiger partial charge on any atom is 0.127 e. The minimum atomic E-state index is 0.0672. The van der Waals surface area contributed by atoms with Crippen LogP contribution in [0.5, 0.6) is 5.75 Å². The number of methoxy groups -OCH3 is 1. The van der Waals surface area contributed by atoms with Crippen LogP contribution >= 0.6 is 15.9 Å². The second-order valence-corrected chi connectivity index (χ2v) is 4.62.